The second kappa shape index (κ2) is 7.48. The van der Waals surface area contributed by atoms with Gasteiger partial charge in [0, 0.05) is 19.1 Å². The van der Waals surface area contributed by atoms with Crippen molar-refractivity contribution in [2.24, 2.45) is 5.92 Å². The van der Waals surface area contributed by atoms with Crippen molar-refractivity contribution in [3.8, 4) is 0 Å². The summed E-state index contributed by atoms with van der Waals surface area (Å²) in [4.78, 5) is 2.35. The number of nitrogens with one attached hydrogen (secondary N) is 1. The van der Waals surface area contributed by atoms with Gasteiger partial charge in [0.05, 0.1) is 23.4 Å². The summed E-state index contributed by atoms with van der Waals surface area (Å²) in [6.45, 7) is 12.3. The molecule has 0 spiro atoms. The predicted molar refractivity (Wildman–Crippen MR) is 90.2 cm³/mol. The molecule has 3 nitrogen and oxygen atoms in total. The Labute approximate surface area is 133 Å². The molecule has 4 heteroatoms. The highest BCUT2D eigenvalue weighted by atomic mass is 35.5. The maximum Gasteiger partial charge on any atom is 0.0723 e. The van der Waals surface area contributed by atoms with Gasteiger partial charge in [0.2, 0.25) is 0 Å². The third-order valence-corrected chi connectivity index (χ3v) is 4.11. The molecule has 1 fully saturated rings. The van der Waals surface area contributed by atoms with Crippen molar-refractivity contribution in [1.82, 2.24) is 5.32 Å². The SMILES string of the molecule is CC(C)CNCc1ccc(N2CC(C)OCC2C)c(Cl)c1. The lowest BCUT2D eigenvalue weighted by atomic mass is 10.1. The quantitative estimate of drug-likeness (QED) is 0.897. The maximum atomic E-state index is 6.51. The first-order valence-corrected chi connectivity index (χ1v) is 8.22. The summed E-state index contributed by atoms with van der Waals surface area (Å²) < 4.78 is 5.69. The van der Waals surface area contributed by atoms with Crippen LogP contribution in [0.1, 0.15) is 33.3 Å². The molecule has 1 aliphatic rings. The summed E-state index contributed by atoms with van der Waals surface area (Å²) in [5.41, 5.74) is 2.35. The van der Waals surface area contributed by atoms with Gasteiger partial charge in [-0.25, -0.2) is 0 Å². The van der Waals surface area contributed by atoms with Crippen molar-refractivity contribution in [3.05, 3.63) is 28.8 Å². The molecular formula is C17H27ClN2O. The first-order chi connectivity index (χ1) is 9.97. The summed E-state index contributed by atoms with van der Waals surface area (Å²) >= 11 is 6.51. The van der Waals surface area contributed by atoms with Gasteiger partial charge in [-0.3, -0.25) is 0 Å². The van der Waals surface area contributed by atoms with Crippen LogP contribution < -0.4 is 10.2 Å². The highest BCUT2D eigenvalue weighted by Gasteiger charge is 2.25. The molecule has 2 rings (SSSR count). The van der Waals surface area contributed by atoms with Gasteiger partial charge in [0.25, 0.3) is 0 Å². The molecule has 0 aromatic heterocycles. The summed E-state index contributed by atoms with van der Waals surface area (Å²) in [6.07, 6.45) is 0.254. The molecule has 1 aromatic rings. The van der Waals surface area contributed by atoms with Crippen molar-refractivity contribution in [2.75, 3.05) is 24.6 Å². The Morgan fingerprint density at radius 2 is 2.14 bits per heavy atom. The zero-order valence-electron chi connectivity index (χ0n) is 13.5. The van der Waals surface area contributed by atoms with Gasteiger partial charge in [-0.15, -0.1) is 0 Å². The largest absolute Gasteiger partial charge is 0.375 e. The second-order valence-electron chi connectivity index (χ2n) is 6.46. The summed E-state index contributed by atoms with van der Waals surface area (Å²) in [7, 11) is 0. The first kappa shape index (κ1) is 16.6. The molecule has 21 heavy (non-hydrogen) atoms. The van der Waals surface area contributed by atoms with E-state index in [2.05, 4.69) is 56.1 Å². The van der Waals surface area contributed by atoms with Crippen LogP contribution in [0.2, 0.25) is 5.02 Å². The highest BCUT2D eigenvalue weighted by molar-refractivity contribution is 6.33. The Balaban J connectivity index is 2.04. The molecule has 0 bridgehead atoms. The normalized spacial score (nSPS) is 22.9. The van der Waals surface area contributed by atoms with Crippen molar-refractivity contribution in [2.45, 2.75) is 46.4 Å². The summed E-state index contributed by atoms with van der Waals surface area (Å²) in [5, 5.41) is 4.28. The average molecular weight is 311 g/mol. The van der Waals surface area contributed by atoms with Crippen LogP contribution in [0.25, 0.3) is 0 Å². The average Bonchev–Trinajstić information content (AvgIpc) is 2.42. The highest BCUT2D eigenvalue weighted by Crippen LogP contribution is 2.30. The minimum Gasteiger partial charge on any atom is -0.375 e. The summed E-state index contributed by atoms with van der Waals surface area (Å²) in [5.74, 6) is 0.662. The minimum absolute atomic E-state index is 0.254. The zero-order valence-corrected chi connectivity index (χ0v) is 14.3. The third-order valence-electron chi connectivity index (χ3n) is 3.81. The van der Waals surface area contributed by atoms with Crippen LogP contribution in [0.15, 0.2) is 18.2 Å². The number of ether oxygens (including phenoxy) is 1. The van der Waals surface area contributed by atoms with Crippen molar-refractivity contribution in [3.63, 3.8) is 0 Å². The molecule has 1 heterocycles. The van der Waals surface area contributed by atoms with Crippen LogP contribution in [0.4, 0.5) is 5.69 Å². The lowest BCUT2D eigenvalue weighted by Gasteiger charge is -2.39. The van der Waals surface area contributed by atoms with Gasteiger partial charge in [0.1, 0.15) is 0 Å². The molecule has 1 aromatic carbocycles. The number of anilines is 1. The van der Waals surface area contributed by atoms with Crippen LogP contribution in [0.3, 0.4) is 0 Å². The first-order valence-electron chi connectivity index (χ1n) is 7.84. The Bertz CT molecular complexity index is 464. The van der Waals surface area contributed by atoms with Crippen LogP contribution >= 0.6 is 11.6 Å². The Kier molecular flexibility index (Phi) is 5.91. The second-order valence-corrected chi connectivity index (χ2v) is 6.86. The number of benzene rings is 1. The van der Waals surface area contributed by atoms with E-state index in [0.29, 0.717) is 12.0 Å². The number of rotatable bonds is 5. The van der Waals surface area contributed by atoms with Crippen LogP contribution in [-0.2, 0) is 11.3 Å². The number of nitrogens with zero attached hydrogens (tertiary/aromatic N) is 1. The van der Waals surface area contributed by atoms with Gasteiger partial charge < -0.3 is 15.0 Å². The van der Waals surface area contributed by atoms with E-state index in [1.165, 1.54) is 5.56 Å². The van der Waals surface area contributed by atoms with E-state index in [-0.39, 0.29) is 6.10 Å². The van der Waals surface area contributed by atoms with Gasteiger partial charge in [0.15, 0.2) is 0 Å². The van der Waals surface area contributed by atoms with E-state index in [1.807, 2.05) is 0 Å². The predicted octanol–water partition coefficient (Wildman–Crippen LogP) is 3.70. The fourth-order valence-corrected chi connectivity index (χ4v) is 2.95. The molecular weight excluding hydrogens is 284 g/mol. The van der Waals surface area contributed by atoms with E-state index >= 15 is 0 Å². The standard InChI is InChI=1S/C17H27ClN2O/c1-12(2)8-19-9-15-5-6-17(16(18)7-15)20-10-14(4)21-11-13(20)3/h5-7,12-14,19H,8-11H2,1-4H3. The van der Waals surface area contributed by atoms with Gasteiger partial charge in [-0.1, -0.05) is 31.5 Å². The Morgan fingerprint density at radius 3 is 2.81 bits per heavy atom. The summed E-state index contributed by atoms with van der Waals surface area (Å²) in [6, 6.07) is 6.76. The molecule has 2 unspecified atom stereocenters. The number of morpholine rings is 1. The van der Waals surface area contributed by atoms with E-state index in [4.69, 9.17) is 16.3 Å². The number of hydrogen-bond donors (Lipinski definition) is 1. The fraction of sp³-hybridized carbons (Fsp3) is 0.647. The lowest BCUT2D eigenvalue weighted by molar-refractivity contribution is 0.0344. The monoisotopic (exact) mass is 310 g/mol. The van der Waals surface area contributed by atoms with E-state index in [9.17, 15) is 0 Å². The molecule has 0 radical (unpaired) electrons. The molecule has 1 saturated heterocycles. The fourth-order valence-electron chi connectivity index (χ4n) is 2.64. The molecule has 1 aliphatic heterocycles. The Hall–Kier alpha value is -0.770. The van der Waals surface area contributed by atoms with Crippen LogP contribution in [0, 0.1) is 5.92 Å². The van der Waals surface area contributed by atoms with Crippen molar-refractivity contribution in [1.29, 1.82) is 0 Å². The topological polar surface area (TPSA) is 24.5 Å². The van der Waals surface area contributed by atoms with E-state index in [0.717, 1.165) is 37.0 Å². The van der Waals surface area contributed by atoms with Gasteiger partial charge in [-0.05, 0) is 44.0 Å². The Morgan fingerprint density at radius 1 is 1.38 bits per heavy atom. The van der Waals surface area contributed by atoms with Crippen molar-refractivity contribution >= 4 is 17.3 Å². The number of hydrogen-bond acceptors (Lipinski definition) is 3. The van der Waals surface area contributed by atoms with Crippen molar-refractivity contribution < 1.29 is 4.74 Å². The molecule has 0 saturated carbocycles. The molecule has 1 N–H and O–H groups in total. The number of halogens is 1. The molecule has 2 atom stereocenters. The third kappa shape index (κ3) is 4.60. The minimum atomic E-state index is 0.254. The molecule has 118 valence electrons. The zero-order chi connectivity index (χ0) is 15.4. The van der Waals surface area contributed by atoms with Gasteiger partial charge >= 0.3 is 0 Å². The van der Waals surface area contributed by atoms with Crippen LogP contribution in [-0.4, -0.2) is 31.8 Å². The lowest BCUT2D eigenvalue weighted by Crippen LogP contribution is -2.47. The maximum absolute atomic E-state index is 6.51. The molecule has 0 aliphatic carbocycles. The van der Waals surface area contributed by atoms with E-state index in [1.54, 1.807) is 0 Å². The van der Waals surface area contributed by atoms with Crippen LogP contribution in [0.5, 0.6) is 0 Å². The van der Waals surface area contributed by atoms with Gasteiger partial charge in [-0.2, -0.15) is 0 Å². The van der Waals surface area contributed by atoms with E-state index < -0.39 is 0 Å². The smallest absolute Gasteiger partial charge is 0.0723 e. The molecule has 0 amide bonds.